The van der Waals surface area contributed by atoms with Gasteiger partial charge in [-0.3, -0.25) is 0 Å². The monoisotopic (exact) mass is 314 g/mol. The molecule has 0 aliphatic rings. The Kier molecular flexibility index (Phi) is 6.93. The van der Waals surface area contributed by atoms with E-state index in [1.54, 1.807) is 0 Å². The minimum absolute atomic E-state index is 0.341. The molecule has 112 valence electrons. The lowest BCUT2D eigenvalue weighted by atomic mass is 10.0. The third-order valence-electron chi connectivity index (χ3n) is 4.13. The Bertz CT molecular complexity index is 454. The second-order valence-electron chi connectivity index (χ2n) is 5.81. The van der Waals surface area contributed by atoms with E-state index < -0.39 is 0 Å². The zero-order valence-electron chi connectivity index (χ0n) is 13.2. The van der Waals surface area contributed by atoms with Crippen LogP contribution in [-0.4, -0.2) is 19.5 Å². The standard InChI is InChI=1S/C18H26OSi2/c1-15(17-9-5-3-6-10-17)13-20-19-21-14-16(2)18-11-7-4-8-12-18/h3-12,15-16H,13-14,20-21H2,1-2H3. The molecule has 2 aromatic rings. The third-order valence-corrected chi connectivity index (χ3v) is 8.64. The van der Waals surface area contributed by atoms with Crippen LogP contribution in [0.15, 0.2) is 60.7 Å². The van der Waals surface area contributed by atoms with Gasteiger partial charge in [-0.2, -0.15) is 0 Å². The molecule has 2 unspecified atom stereocenters. The highest BCUT2D eigenvalue weighted by molar-refractivity contribution is 6.42. The lowest BCUT2D eigenvalue weighted by molar-refractivity contribution is 0.613. The molecule has 0 radical (unpaired) electrons. The number of benzene rings is 2. The summed E-state index contributed by atoms with van der Waals surface area (Å²) in [6.07, 6.45) is 0. The van der Waals surface area contributed by atoms with Gasteiger partial charge in [-0.25, -0.2) is 0 Å². The lowest BCUT2D eigenvalue weighted by Crippen LogP contribution is -2.09. The predicted octanol–water partition coefficient (Wildman–Crippen LogP) is 3.61. The van der Waals surface area contributed by atoms with Crippen LogP contribution in [0.25, 0.3) is 0 Å². The van der Waals surface area contributed by atoms with Crippen molar-refractivity contribution in [3.05, 3.63) is 71.8 Å². The highest BCUT2D eigenvalue weighted by atomic mass is 28.3. The predicted molar refractivity (Wildman–Crippen MR) is 97.5 cm³/mol. The number of hydrogen-bond donors (Lipinski definition) is 0. The minimum atomic E-state index is -0.341. The van der Waals surface area contributed by atoms with Crippen molar-refractivity contribution in [1.29, 1.82) is 0 Å². The van der Waals surface area contributed by atoms with Crippen molar-refractivity contribution in [3.8, 4) is 0 Å². The molecule has 0 N–H and O–H groups in total. The molecule has 0 aromatic heterocycles. The first-order valence-electron chi connectivity index (χ1n) is 7.95. The van der Waals surface area contributed by atoms with Crippen molar-refractivity contribution in [3.63, 3.8) is 0 Å². The maximum atomic E-state index is 6.10. The van der Waals surface area contributed by atoms with Gasteiger partial charge >= 0.3 is 0 Å². The summed E-state index contributed by atoms with van der Waals surface area (Å²) in [4.78, 5) is 0. The molecule has 0 saturated heterocycles. The molecule has 2 rings (SSSR count). The van der Waals surface area contributed by atoms with Gasteiger partial charge in [0.15, 0.2) is 0 Å². The zero-order valence-corrected chi connectivity index (χ0v) is 16.0. The molecule has 0 saturated carbocycles. The van der Waals surface area contributed by atoms with E-state index in [9.17, 15) is 0 Å². The quantitative estimate of drug-likeness (QED) is 0.534. The fourth-order valence-corrected chi connectivity index (χ4v) is 6.04. The summed E-state index contributed by atoms with van der Waals surface area (Å²) in [5.74, 6) is 1.30. The van der Waals surface area contributed by atoms with Crippen LogP contribution in [0.2, 0.25) is 12.1 Å². The fourth-order valence-electron chi connectivity index (χ4n) is 2.52. The Morgan fingerprint density at radius 3 is 1.48 bits per heavy atom. The Hall–Kier alpha value is -1.17. The lowest BCUT2D eigenvalue weighted by Gasteiger charge is -2.14. The average molecular weight is 315 g/mol. The second-order valence-corrected chi connectivity index (χ2v) is 9.42. The van der Waals surface area contributed by atoms with E-state index in [1.165, 1.54) is 23.2 Å². The molecule has 3 heteroatoms. The Balaban J connectivity index is 1.62. The van der Waals surface area contributed by atoms with Gasteiger partial charge in [0.1, 0.15) is 19.5 Å². The molecule has 1 nitrogen and oxygen atoms in total. The Labute approximate surface area is 133 Å². The zero-order chi connectivity index (χ0) is 14.9. The van der Waals surface area contributed by atoms with Gasteiger partial charge in [-0.05, 0) is 35.1 Å². The molecule has 0 bridgehead atoms. The maximum Gasteiger partial charge on any atom is 0.146 e. The van der Waals surface area contributed by atoms with Gasteiger partial charge in [0.05, 0.1) is 0 Å². The topological polar surface area (TPSA) is 9.23 Å². The van der Waals surface area contributed by atoms with Crippen molar-refractivity contribution in [2.75, 3.05) is 0 Å². The first kappa shape index (κ1) is 16.2. The van der Waals surface area contributed by atoms with Crippen LogP contribution >= 0.6 is 0 Å². The van der Waals surface area contributed by atoms with Crippen LogP contribution in [-0.2, 0) is 4.12 Å². The summed E-state index contributed by atoms with van der Waals surface area (Å²) in [7, 11) is -0.682. The van der Waals surface area contributed by atoms with Gasteiger partial charge < -0.3 is 4.12 Å². The highest BCUT2D eigenvalue weighted by Gasteiger charge is 2.07. The van der Waals surface area contributed by atoms with Gasteiger partial charge in [0.2, 0.25) is 0 Å². The molecule has 0 amide bonds. The van der Waals surface area contributed by atoms with Crippen molar-refractivity contribution >= 4 is 19.5 Å². The van der Waals surface area contributed by atoms with Crippen molar-refractivity contribution in [2.45, 2.75) is 37.8 Å². The SMILES string of the molecule is CC(C[SiH2]O[SiH2]CC(C)c1ccccc1)c1ccccc1. The average Bonchev–Trinajstić information content (AvgIpc) is 2.55. The van der Waals surface area contributed by atoms with Crippen LogP contribution in [0.4, 0.5) is 0 Å². The molecule has 0 heterocycles. The van der Waals surface area contributed by atoms with Gasteiger partial charge in [0.25, 0.3) is 0 Å². The highest BCUT2D eigenvalue weighted by Crippen LogP contribution is 2.20. The van der Waals surface area contributed by atoms with Crippen molar-refractivity contribution < 1.29 is 4.12 Å². The van der Waals surface area contributed by atoms with Crippen molar-refractivity contribution in [2.24, 2.45) is 0 Å². The number of rotatable bonds is 8. The van der Waals surface area contributed by atoms with Crippen LogP contribution in [0, 0.1) is 0 Å². The van der Waals surface area contributed by atoms with E-state index in [-0.39, 0.29) is 19.5 Å². The smallest absolute Gasteiger partial charge is 0.146 e. The van der Waals surface area contributed by atoms with Crippen LogP contribution in [0.1, 0.15) is 36.8 Å². The van der Waals surface area contributed by atoms with E-state index in [0.29, 0.717) is 11.8 Å². The number of hydrogen-bond acceptors (Lipinski definition) is 1. The first-order chi connectivity index (χ1) is 10.3. The molecule has 0 aliphatic carbocycles. The summed E-state index contributed by atoms with van der Waals surface area (Å²) < 4.78 is 6.10. The van der Waals surface area contributed by atoms with E-state index in [2.05, 4.69) is 74.5 Å². The summed E-state index contributed by atoms with van der Waals surface area (Å²) >= 11 is 0. The van der Waals surface area contributed by atoms with Gasteiger partial charge in [0, 0.05) is 0 Å². The Morgan fingerprint density at radius 2 is 1.10 bits per heavy atom. The van der Waals surface area contributed by atoms with Gasteiger partial charge in [-0.1, -0.05) is 74.5 Å². The maximum absolute atomic E-state index is 6.10. The normalized spacial score (nSPS) is 15.0. The van der Waals surface area contributed by atoms with Crippen LogP contribution < -0.4 is 0 Å². The molecule has 0 spiro atoms. The first-order valence-corrected chi connectivity index (χ1v) is 11.1. The van der Waals surface area contributed by atoms with E-state index in [0.717, 1.165) is 0 Å². The van der Waals surface area contributed by atoms with E-state index in [1.807, 2.05) is 0 Å². The summed E-state index contributed by atoms with van der Waals surface area (Å²) in [5, 5.41) is 0. The van der Waals surface area contributed by atoms with Crippen LogP contribution in [0.3, 0.4) is 0 Å². The summed E-state index contributed by atoms with van der Waals surface area (Å²) in [5.41, 5.74) is 2.90. The third kappa shape index (κ3) is 5.61. The summed E-state index contributed by atoms with van der Waals surface area (Å²) in [6.45, 7) is 4.64. The van der Waals surface area contributed by atoms with E-state index >= 15 is 0 Å². The molecular formula is C18H26OSi2. The fraction of sp³-hybridized carbons (Fsp3) is 0.333. The van der Waals surface area contributed by atoms with Gasteiger partial charge in [-0.15, -0.1) is 0 Å². The van der Waals surface area contributed by atoms with Crippen LogP contribution in [0.5, 0.6) is 0 Å². The van der Waals surface area contributed by atoms with E-state index in [4.69, 9.17) is 4.12 Å². The molecule has 2 aromatic carbocycles. The molecule has 0 fully saturated rings. The second kappa shape index (κ2) is 8.98. The molecule has 2 atom stereocenters. The molecular weight excluding hydrogens is 288 g/mol. The largest absolute Gasteiger partial charge is 0.465 e. The summed E-state index contributed by atoms with van der Waals surface area (Å²) in [6, 6.07) is 24.1. The molecule has 21 heavy (non-hydrogen) atoms. The molecule has 0 aliphatic heterocycles. The van der Waals surface area contributed by atoms with Crippen molar-refractivity contribution in [1.82, 2.24) is 0 Å². The Morgan fingerprint density at radius 1 is 0.714 bits per heavy atom. The minimum Gasteiger partial charge on any atom is -0.465 e.